The molecule has 0 fully saturated rings. The molecule has 1 aromatic rings. The number of hydrogen-bond acceptors (Lipinski definition) is 3. The van der Waals surface area contributed by atoms with Crippen molar-refractivity contribution in [3.05, 3.63) is 28.8 Å². The number of nitrogens with one attached hydrogen (secondary N) is 2. The first kappa shape index (κ1) is 13.1. The molecule has 0 aliphatic heterocycles. The highest BCUT2D eigenvalue weighted by atomic mass is 35.5. The predicted molar refractivity (Wildman–Crippen MR) is 66.5 cm³/mol. The number of nitrogens with zero attached hydrogens (tertiary/aromatic N) is 1. The van der Waals surface area contributed by atoms with Gasteiger partial charge >= 0.3 is 0 Å². The predicted octanol–water partition coefficient (Wildman–Crippen LogP) is 1.37. The fraction of sp³-hybridized carbons (Fsp3) is 0.167. The zero-order valence-electron chi connectivity index (χ0n) is 8.96. The van der Waals surface area contributed by atoms with E-state index in [1.54, 1.807) is 12.1 Å². The summed E-state index contributed by atoms with van der Waals surface area (Å²) in [5.41, 5.74) is 0.757. The van der Waals surface area contributed by atoms with Gasteiger partial charge < -0.3 is 5.32 Å². The number of benzene rings is 1. The standard InChI is InChI=1S/C12H10ClN3O/c1-2-5-15-8-12(17)16-11-6-10(13)4-3-9(11)7-14/h1,3-4,6,15H,5,8H2,(H,16,17). The Morgan fingerprint density at radius 3 is 2.94 bits per heavy atom. The minimum Gasteiger partial charge on any atom is -0.324 e. The second-order valence-corrected chi connectivity index (χ2v) is 3.59. The van der Waals surface area contributed by atoms with Gasteiger partial charge in [-0.1, -0.05) is 17.5 Å². The lowest BCUT2D eigenvalue weighted by Crippen LogP contribution is -2.28. The number of nitriles is 1. The summed E-state index contributed by atoms with van der Waals surface area (Å²) >= 11 is 5.78. The second-order valence-electron chi connectivity index (χ2n) is 3.16. The van der Waals surface area contributed by atoms with Gasteiger partial charge in [0.15, 0.2) is 0 Å². The van der Waals surface area contributed by atoms with Crippen LogP contribution in [-0.2, 0) is 4.79 Å². The monoisotopic (exact) mass is 247 g/mol. The van der Waals surface area contributed by atoms with E-state index in [1.165, 1.54) is 6.07 Å². The molecule has 2 N–H and O–H groups in total. The molecule has 0 unspecified atom stereocenters. The molecular formula is C12H10ClN3O. The molecule has 0 atom stereocenters. The summed E-state index contributed by atoms with van der Waals surface area (Å²) in [5.74, 6) is 2.08. The van der Waals surface area contributed by atoms with Gasteiger partial charge in [-0.25, -0.2) is 0 Å². The van der Waals surface area contributed by atoms with Crippen molar-refractivity contribution in [1.29, 1.82) is 5.26 Å². The minimum absolute atomic E-state index is 0.0849. The highest BCUT2D eigenvalue weighted by Gasteiger charge is 2.06. The number of amides is 1. The molecule has 4 nitrogen and oxygen atoms in total. The van der Waals surface area contributed by atoms with E-state index < -0.39 is 0 Å². The van der Waals surface area contributed by atoms with E-state index in [2.05, 4.69) is 16.6 Å². The van der Waals surface area contributed by atoms with Crippen molar-refractivity contribution in [2.75, 3.05) is 18.4 Å². The van der Waals surface area contributed by atoms with Gasteiger partial charge in [0, 0.05) is 5.02 Å². The average Bonchev–Trinajstić information content (AvgIpc) is 2.29. The van der Waals surface area contributed by atoms with Crippen LogP contribution in [0.25, 0.3) is 0 Å². The van der Waals surface area contributed by atoms with E-state index in [4.69, 9.17) is 23.3 Å². The van der Waals surface area contributed by atoms with Crippen LogP contribution in [-0.4, -0.2) is 19.0 Å². The Morgan fingerprint density at radius 1 is 1.53 bits per heavy atom. The highest BCUT2D eigenvalue weighted by molar-refractivity contribution is 6.31. The van der Waals surface area contributed by atoms with Crippen molar-refractivity contribution < 1.29 is 4.79 Å². The van der Waals surface area contributed by atoms with Crippen LogP contribution < -0.4 is 10.6 Å². The molecule has 5 heteroatoms. The fourth-order valence-electron chi connectivity index (χ4n) is 1.16. The van der Waals surface area contributed by atoms with Gasteiger partial charge in [0.05, 0.1) is 24.3 Å². The van der Waals surface area contributed by atoms with Crippen molar-refractivity contribution in [3.8, 4) is 18.4 Å². The molecule has 0 saturated carbocycles. The van der Waals surface area contributed by atoms with Gasteiger partial charge in [0.2, 0.25) is 5.91 Å². The molecule has 86 valence electrons. The summed E-state index contributed by atoms with van der Waals surface area (Å²) < 4.78 is 0. The topological polar surface area (TPSA) is 64.9 Å². The average molecular weight is 248 g/mol. The first-order chi connectivity index (χ1) is 8.17. The number of hydrogen-bond donors (Lipinski definition) is 2. The Labute approximate surface area is 105 Å². The van der Waals surface area contributed by atoms with Crippen molar-refractivity contribution >= 4 is 23.2 Å². The van der Waals surface area contributed by atoms with Crippen molar-refractivity contribution in [1.82, 2.24) is 5.32 Å². The SMILES string of the molecule is C#CCNCC(=O)Nc1cc(Cl)ccc1C#N. The Morgan fingerprint density at radius 2 is 2.29 bits per heavy atom. The molecule has 1 rings (SSSR count). The number of carbonyl (C=O) groups is 1. The number of anilines is 1. The lowest BCUT2D eigenvalue weighted by atomic mass is 10.2. The lowest BCUT2D eigenvalue weighted by molar-refractivity contribution is -0.115. The molecule has 0 aromatic heterocycles. The highest BCUT2D eigenvalue weighted by Crippen LogP contribution is 2.20. The van der Waals surface area contributed by atoms with E-state index in [0.717, 1.165) is 0 Å². The quantitative estimate of drug-likeness (QED) is 0.624. The number of carbonyl (C=O) groups excluding carboxylic acids is 1. The third-order valence-corrected chi connectivity index (χ3v) is 2.12. The third kappa shape index (κ3) is 4.16. The van der Waals surface area contributed by atoms with E-state index in [9.17, 15) is 4.79 Å². The molecule has 0 heterocycles. The Bertz CT molecular complexity index is 499. The van der Waals surface area contributed by atoms with Crippen LogP contribution in [0.15, 0.2) is 18.2 Å². The maximum Gasteiger partial charge on any atom is 0.238 e. The van der Waals surface area contributed by atoms with Crippen LogP contribution in [0, 0.1) is 23.7 Å². The molecule has 1 aromatic carbocycles. The molecule has 0 spiro atoms. The van der Waals surface area contributed by atoms with Crippen LogP contribution in [0.2, 0.25) is 5.02 Å². The Balaban J connectivity index is 2.68. The first-order valence-electron chi connectivity index (χ1n) is 4.81. The Kier molecular flexibility index (Phi) is 5.03. The second kappa shape index (κ2) is 6.55. The van der Waals surface area contributed by atoms with Gasteiger partial charge in [-0.3, -0.25) is 10.1 Å². The van der Waals surface area contributed by atoms with Gasteiger partial charge in [0.1, 0.15) is 6.07 Å². The van der Waals surface area contributed by atoms with Gasteiger partial charge in [-0.15, -0.1) is 6.42 Å². The zero-order valence-corrected chi connectivity index (χ0v) is 9.71. The molecule has 1 amide bonds. The number of terminal acetylenes is 1. The van der Waals surface area contributed by atoms with E-state index >= 15 is 0 Å². The van der Waals surface area contributed by atoms with E-state index in [-0.39, 0.29) is 12.5 Å². The first-order valence-corrected chi connectivity index (χ1v) is 5.19. The number of halogens is 1. The van der Waals surface area contributed by atoms with Crippen LogP contribution in [0.5, 0.6) is 0 Å². The molecule has 0 saturated heterocycles. The van der Waals surface area contributed by atoms with Crippen molar-refractivity contribution in [2.45, 2.75) is 0 Å². The van der Waals surface area contributed by atoms with E-state index in [1.807, 2.05) is 6.07 Å². The van der Waals surface area contributed by atoms with Crippen LogP contribution in [0.1, 0.15) is 5.56 Å². The lowest BCUT2D eigenvalue weighted by Gasteiger charge is -2.07. The van der Waals surface area contributed by atoms with Crippen LogP contribution in [0.3, 0.4) is 0 Å². The summed E-state index contributed by atoms with van der Waals surface area (Å²) in [7, 11) is 0. The van der Waals surface area contributed by atoms with Gasteiger partial charge in [-0.2, -0.15) is 5.26 Å². The van der Waals surface area contributed by atoms with Crippen LogP contribution >= 0.6 is 11.6 Å². The van der Waals surface area contributed by atoms with Gasteiger partial charge in [-0.05, 0) is 18.2 Å². The summed E-state index contributed by atoms with van der Waals surface area (Å²) in [6.07, 6.45) is 5.03. The maximum absolute atomic E-state index is 11.5. The fourth-order valence-corrected chi connectivity index (χ4v) is 1.33. The maximum atomic E-state index is 11.5. The normalized spacial score (nSPS) is 9.12. The minimum atomic E-state index is -0.279. The van der Waals surface area contributed by atoms with E-state index in [0.29, 0.717) is 22.8 Å². The molecular weight excluding hydrogens is 238 g/mol. The molecule has 0 aliphatic carbocycles. The van der Waals surface area contributed by atoms with Gasteiger partial charge in [0.25, 0.3) is 0 Å². The summed E-state index contributed by atoms with van der Waals surface area (Å²) in [6.45, 7) is 0.398. The molecule has 0 bridgehead atoms. The molecule has 17 heavy (non-hydrogen) atoms. The summed E-state index contributed by atoms with van der Waals surface area (Å²) in [5, 5.41) is 14.6. The molecule has 0 radical (unpaired) electrons. The molecule has 0 aliphatic rings. The Hall–Kier alpha value is -2.01. The third-order valence-electron chi connectivity index (χ3n) is 1.89. The smallest absolute Gasteiger partial charge is 0.238 e. The van der Waals surface area contributed by atoms with Crippen molar-refractivity contribution in [3.63, 3.8) is 0 Å². The summed E-state index contributed by atoms with van der Waals surface area (Å²) in [4.78, 5) is 11.5. The van der Waals surface area contributed by atoms with Crippen LogP contribution in [0.4, 0.5) is 5.69 Å². The zero-order chi connectivity index (χ0) is 12.7. The number of rotatable bonds is 4. The van der Waals surface area contributed by atoms with Crippen molar-refractivity contribution in [2.24, 2.45) is 0 Å². The summed E-state index contributed by atoms with van der Waals surface area (Å²) in [6, 6.07) is 6.63. The largest absolute Gasteiger partial charge is 0.324 e.